The van der Waals surface area contributed by atoms with Crippen LogP contribution >= 0.6 is 0 Å². The van der Waals surface area contributed by atoms with E-state index >= 15 is 0 Å². The second kappa shape index (κ2) is 7.03. The summed E-state index contributed by atoms with van der Waals surface area (Å²) >= 11 is 0. The fraction of sp³-hybridized carbons (Fsp3) is 0.818. The first-order chi connectivity index (χ1) is 5.83. The maximum absolute atomic E-state index is 5.13. The zero-order valence-corrected chi connectivity index (χ0v) is 8.56. The van der Waals surface area contributed by atoms with E-state index in [4.69, 9.17) is 5.73 Å². The van der Waals surface area contributed by atoms with Crippen molar-refractivity contribution in [2.75, 3.05) is 0 Å². The Morgan fingerprint density at radius 3 is 2.00 bits per heavy atom. The average molecular weight is 167 g/mol. The highest BCUT2D eigenvalue weighted by molar-refractivity contribution is 5.01. The second-order valence-electron chi connectivity index (χ2n) is 3.25. The molecule has 1 fully saturated rings. The Morgan fingerprint density at radius 2 is 1.58 bits per heavy atom. The Bertz CT molecular complexity index is 144. The lowest BCUT2D eigenvalue weighted by Crippen LogP contribution is -2.10. The van der Waals surface area contributed by atoms with Crippen molar-refractivity contribution in [1.82, 2.24) is 0 Å². The largest absolute Gasteiger partial charge is 0.359 e. The Hall–Kier alpha value is -0.640. The van der Waals surface area contributed by atoms with Crippen LogP contribution in [0.15, 0.2) is 0 Å². The van der Waals surface area contributed by atoms with Crippen molar-refractivity contribution in [2.24, 2.45) is 17.6 Å². The summed E-state index contributed by atoms with van der Waals surface area (Å²) in [5.41, 5.74) is 5.13. The van der Waals surface area contributed by atoms with E-state index in [0.29, 0.717) is 5.92 Å². The molecule has 0 aromatic heterocycles. The predicted molar refractivity (Wildman–Crippen MR) is 54.4 cm³/mol. The van der Waals surface area contributed by atoms with Crippen LogP contribution in [0.4, 0.5) is 0 Å². The van der Waals surface area contributed by atoms with E-state index in [1.54, 1.807) is 0 Å². The summed E-state index contributed by atoms with van der Waals surface area (Å²) in [6.07, 6.45) is 5.18. The topological polar surface area (TPSA) is 26.0 Å². The van der Waals surface area contributed by atoms with Gasteiger partial charge in [-0.25, -0.2) is 0 Å². The Morgan fingerprint density at radius 1 is 1.08 bits per heavy atom. The number of rotatable bonds is 0. The Balaban J connectivity index is 0.000000561. The molecule has 1 heteroatoms. The summed E-state index contributed by atoms with van der Waals surface area (Å²) in [5.74, 6) is 4.54. The van der Waals surface area contributed by atoms with E-state index in [0.717, 1.165) is 5.92 Å². The first-order valence-electron chi connectivity index (χ1n) is 5.04. The zero-order chi connectivity index (χ0) is 9.40. The van der Waals surface area contributed by atoms with Crippen LogP contribution in [0, 0.1) is 23.8 Å². The van der Waals surface area contributed by atoms with E-state index in [1.807, 2.05) is 13.8 Å². The third kappa shape index (κ3) is 4.28. The summed E-state index contributed by atoms with van der Waals surface area (Å²) in [7, 11) is 0. The maximum atomic E-state index is 5.13. The minimum absolute atomic E-state index is 0.598. The van der Waals surface area contributed by atoms with Crippen molar-refractivity contribution in [3.05, 3.63) is 0 Å². The SMILES string of the molecule is CC.CC1CCC(C#CN)CC1. The second-order valence-corrected chi connectivity index (χ2v) is 3.25. The van der Waals surface area contributed by atoms with Crippen molar-refractivity contribution < 1.29 is 0 Å². The monoisotopic (exact) mass is 167 g/mol. The van der Waals surface area contributed by atoms with E-state index in [9.17, 15) is 0 Å². The molecule has 1 nitrogen and oxygen atoms in total. The van der Waals surface area contributed by atoms with Crippen molar-refractivity contribution in [1.29, 1.82) is 0 Å². The molecule has 1 saturated carbocycles. The smallest absolute Gasteiger partial charge is 0.0221 e. The van der Waals surface area contributed by atoms with Crippen LogP contribution in [0.2, 0.25) is 0 Å². The molecule has 0 aliphatic heterocycles. The van der Waals surface area contributed by atoms with Gasteiger partial charge in [0.2, 0.25) is 0 Å². The van der Waals surface area contributed by atoms with Crippen LogP contribution in [0.1, 0.15) is 46.5 Å². The average Bonchev–Trinajstić information content (AvgIpc) is 2.13. The van der Waals surface area contributed by atoms with Crippen LogP contribution in [0.5, 0.6) is 0 Å². The van der Waals surface area contributed by atoms with Crippen LogP contribution in [0.25, 0.3) is 0 Å². The molecule has 12 heavy (non-hydrogen) atoms. The third-order valence-electron chi connectivity index (χ3n) is 2.30. The lowest BCUT2D eigenvalue weighted by Gasteiger charge is -2.21. The van der Waals surface area contributed by atoms with Gasteiger partial charge in [-0.05, 0) is 31.6 Å². The van der Waals surface area contributed by atoms with E-state index in [1.165, 1.54) is 25.7 Å². The Kier molecular flexibility index (Phi) is 6.66. The van der Waals surface area contributed by atoms with Crippen LogP contribution < -0.4 is 5.73 Å². The highest BCUT2D eigenvalue weighted by Gasteiger charge is 2.15. The van der Waals surface area contributed by atoms with Crippen LogP contribution in [-0.4, -0.2) is 0 Å². The molecule has 2 N–H and O–H groups in total. The molecule has 0 bridgehead atoms. The van der Waals surface area contributed by atoms with Gasteiger partial charge in [-0.3, -0.25) is 0 Å². The normalized spacial score (nSPS) is 27.6. The minimum Gasteiger partial charge on any atom is -0.359 e. The van der Waals surface area contributed by atoms with Crippen molar-refractivity contribution in [2.45, 2.75) is 46.5 Å². The number of hydrogen-bond acceptors (Lipinski definition) is 1. The molecule has 70 valence electrons. The lowest BCUT2D eigenvalue weighted by molar-refractivity contribution is 0.337. The van der Waals surface area contributed by atoms with Gasteiger partial charge in [0.15, 0.2) is 0 Å². The van der Waals surface area contributed by atoms with Gasteiger partial charge < -0.3 is 5.73 Å². The van der Waals surface area contributed by atoms with Gasteiger partial charge in [-0.15, -0.1) is 0 Å². The van der Waals surface area contributed by atoms with Crippen LogP contribution in [-0.2, 0) is 0 Å². The Labute approximate surface area is 76.7 Å². The fourth-order valence-electron chi connectivity index (χ4n) is 1.52. The molecule has 1 rings (SSSR count). The van der Waals surface area contributed by atoms with Gasteiger partial charge in [0.1, 0.15) is 0 Å². The molecule has 0 spiro atoms. The van der Waals surface area contributed by atoms with Gasteiger partial charge in [0.25, 0.3) is 0 Å². The molecule has 1 aliphatic rings. The molecular weight excluding hydrogens is 146 g/mol. The molecular formula is C11H21N. The van der Waals surface area contributed by atoms with Gasteiger partial charge in [0, 0.05) is 12.0 Å². The predicted octanol–water partition coefficient (Wildman–Crippen LogP) is 2.76. The van der Waals surface area contributed by atoms with Gasteiger partial charge in [-0.2, -0.15) is 0 Å². The van der Waals surface area contributed by atoms with Crippen molar-refractivity contribution in [3.63, 3.8) is 0 Å². The zero-order valence-electron chi connectivity index (χ0n) is 8.56. The van der Waals surface area contributed by atoms with Gasteiger partial charge >= 0.3 is 0 Å². The maximum Gasteiger partial charge on any atom is 0.0221 e. The minimum atomic E-state index is 0.598. The first-order valence-corrected chi connectivity index (χ1v) is 5.04. The number of hydrogen-bond donors (Lipinski definition) is 1. The molecule has 0 amide bonds. The van der Waals surface area contributed by atoms with Crippen molar-refractivity contribution in [3.8, 4) is 12.0 Å². The first kappa shape index (κ1) is 11.4. The van der Waals surface area contributed by atoms with E-state index in [-0.39, 0.29) is 0 Å². The highest BCUT2D eigenvalue weighted by Crippen LogP contribution is 2.27. The standard InChI is InChI=1S/C9H15N.C2H6/c1-8-2-4-9(5-3-8)6-7-10;1-2/h8-9H,2-5,10H2,1H3;1-2H3. The van der Waals surface area contributed by atoms with E-state index < -0.39 is 0 Å². The fourth-order valence-corrected chi connectivity index (χ4v) is 1.52. The van der Waals surface area contributed by atoms with E-state index in [2.05, 4.69) is 18.9 Å². The molecule has 0 unspecified atom stereocenters. The molecule has 1 aliphatic carbocycles. The third-order valence-corrected chi connectivity index (χ3v) is 2.30. The molecule has 0 heterocycles. The summed E-state index contributed by atoms with van der Waals surface area (Å²) in [6.45, 7) is 6.31. The van der Waals surface area contributed by atoms with Gasteiger partial charge in [0.05, 0.1) is 0 Å². The lowest BCUT2D eigenvalue weighted by atomic mass is 9.83. The molecule has 0 atom stereocenters. The molecule has 0 aromatic carbocycles. The summed E-state index contributed by atoms with van der Waals surface area (Å²) in [4.78, 5) is 0. The molecule has 0 aromatic rings. The summed E-state index contributed by atoms with van der Waals surface area (Å²) in [5, 5.41) is 0. The molecule has 0 saturated heterocycles. The van der Waals surface area contributed by atoms with Crippen LogP contribution in [0.3, 0.4) is 0 Å². The van der Waals surface area contributed by atoms with Crippen molar-refractivity contribution >= 4 is 0 Å². The quantitative estimate of drug-likeness (QED) is 0.436. The summed E-state index contributed by atoms with van der Waals surface area (Å²) in [6, 6.07) is 2.50. The highest BCUT2D eigenvalue weighted by atomic mass is 14.5. The summed E-state index contributed by atoms with van der Waals surface area (Å²) < 4.78 is 0. The van der Waals surface area contributed by atoms with Gasteiger partial charge in [-0.1, -0.05) is 26.7 Å². The molecule has 0 radical (unpaired) electrons. The number of nitrogens with two attached hydrogens (primary N) is 1.